The molecule has 0 aromatic carbocycles. The van der Waals surface area contributed by atoms with Crippen LogP contribution in [0.3, 0.4) is 0 Å². The number of nitrogens with one attached hydrogen (secondary N) is 1. The molecule has 0 fully saturated rings. The van der Waals surface area contributed by atoms with Crippen LogP contribution in [0.4, 0.5) is 0 Å². The molecule has 3 nitrogen and oxygen atoms in total. The third-order valence-electron chi connectivity index (χ3n) is 2.16. The normalized spacial score (nSPS) is 14.2. The fourth-order valence-electron chi connectivity index (χ4n) is 1.06. The smallest absolute Gasteiger partial charge is 0.206 e. The second kappa shape index (κ2) is 6.21. The lowest BCUT2D eigenvalue weighted by Crippen LogP contribution is -2.39. The molecule has 0 spiro atoms. The van der Waals surface area contributed by atoms with Crippen molar-refractivity contribution in [1.82, 2.24) is 4.72 Å². The first-order valence-corrected chi connectivity index (χ1v) is 8.81. The minimum absolute atomic E-state index is 0.126. The van der Waals surface area contributed by atoms with Crippen LogP contribution in [-0.4, -0.2) is 20.3 Å². The summed E-state index contributed by atoms with van der Waals surface area (Å²) in [5.41, 5.74) is 0. The van der Waals surface area contributed by atoms with Gasteiger partial charge in [0.2, 0.25) is 10.0 Å². The average molecular weight is 381 g/mol. The van der Waals surface area contributed by atoms with Gasteiger partial charge in [-0.05, 0) is 27.9 Å². The van der Waals surface area contributed by atoms with E-state index in [0.29, 0.717) is 8.81 Å². The molecule has 0 aliphatic carbocycles. The molecule has 1 heterocycles. The summed E-state index contributed by atoms with van der Waals surface area (Å²) >= 11 is 15.8. The minimum Gasteiger partial charge on any atom is -0.206 e. The van der Waals surface area contributed by atoms with Gasteiger partial charge in [0.1, 0.15) is 4.21 Å². The van der Waals surface area contributed by atoms with Gasteiger partial charge < -0.3 is 0 Å². The van der Waals surface area contributed by atoms with Gasteiger partial charge in [-0.25, -0.2) is 13.1 Å². The summed E-state index contributed by atoms with van der Waals surface area (Å²) in [5, 5.41) is 0.391. The van der Waals surface area contributed by atoms with Gasteiger partial charge in [-0.3, -0.25) is 0 Å². The van der Waals surface area contributed by atoms with Crippen LogP contribution in [0, 0.1) is 5.92 Å². The van der Waals surface area contributed by atoms with E-state index in [1.807, 2.05) is 13.8 Å². The quantitative estimate of drug-likeness (QED) is 0.791. The van der Waals surface area contributed by atoms with Crippen LogP contribution < -0.4 is 4.72 Å². The van der Waals surface area contributed by atoms with E-state index in [2.05, 4.69) is 20.7 Å². The summed E-state index contributed by atoms with van der Waals surface area (Å²) in [4.78, 5) is 0. The molecule has 1 unspecified atom stereocenters. The molecule has 0 aliphatic rings. The third kappa shape index (κ3) is 4.08. The van der Waals surface area contributed by atoms with E-state index in [-0.39, 0.29) is 22.0 Å². The first-order valence-electron chi connectivity index (χ1n) is 4.81. The standard InChI is InChI=1S/C9H12BrCl2NO2S2/c1-5(2)7(4-11)13-17(14,15)8-3-6(12)9(10)16-8/h3,5,7,13H,4H2,1-2H3. The van der Waals surface area contributed by atoms with Crippen LogP contribution in [0.15, 0.2) is 14.1 Å². The largest absolute Gasteiger partial charge is 0.250 e. The maximum Gasteiger partial charge on any atom is 0.250 e. The van der Waals surface area contributed by atoms with Crippen LogP contribution in [0.5, 0.6) is 0 Å². The number of hydrogen-bond donors (Lipinski definition) is 1. The summed E-state index contributed by atoms with van der Waals surface area (Å²) in [5.74, 6) is 0.359. The number of rotatable bonds is 5. The molecule has 0 bridgehead atoms. The Morgan fingerprint density at radius 2 is 2.12 bits per heavy atom. The fraction of sp³-hybridized carbons (Fsp3) is 0.556. The Morgan fingerprint density at radius 3 is 2.47 bits per heavy atom. The molecule has 1 aromatic rings. The van der Waals surface area contributed by atoms with Crippen LogP contribution in [0.2, 0.25) is 5.02 Å². The lowest BCUT2D eigenvalue weighted by atomic mass is 10.1. The van der Waals surface area contributed by atoms with Gasteiger partial charge >= 0.3 is 0 Å². The van der Waals surface area contributed by atoms with Crippen molar-refractivity contribution in [3.05, 3.63) is 14.9 Å². The highest BCUT2D eigenvalue weighted by Gasteiger charge is 2.24. The second-order valence-corrected chi connectivity index (χ2v) is 8.84. The molecular weight excluding hydrogens is 369 g/mol. The summed E-state index contributed by atoms with van der Waals surface area (Å²) in [6.45, 7) is 3.82. The molecule has 98 valence electrons. The Balaban J connectivity index is 2.96. The molecule has 1 rings (SSSR count). The highest BCUT2D eigenvalue weighted by Crippen LogP contribution is 2.34. The van der Waals surface area contributed by atoms with Crippen molar-refractivity contribution >= 4 is 60.5 Å². The zero-order valence-electron chi connectivity index (χ0n) is 9.21. The number of hydrogen-bond acceptors (Lipinski definition) is 3. The van der Waals surface area contributed by atoms with E-state index in [9.17, 15) is 8.42 Å². The Kier molecular flexibility index (Phi) is 5.75. The average Bonchev–Trinajstić information content (AvgIpc) is 2.56. The third-order valence-corrected chi connectivity index (χ3v) is 6.94. The van der Waals surface area contributed by atoms with Crippen molar-refractivity contribution in [2.24, 2.45) is 5.92 Å². The fourth-order valence-corrected chi connectivity index (χ4v) is 5.39. The highest BCUT2D eigenvalue weighted by molar-refractivity contribution is 9.11. The molecular formula is C9H12BrCl2NO2S2. The summed E-state index contributed by atoms with van der Waals surface area (Å²) in [6.07, 6.45) is 0. The Morgan fingerprint density at radius 1 is 1.53 bits per heavy atom. The SMILES string of the molecule is CC(C)C(CCl)NS(=O)(=O)c1cc(Cl)c(Br)s1. The number of sulfonamides is 1. The molecule has 0 radical (unpaired) electrons. The maximum absolute atomic E-state index is 12.0. The van der Waals surface area contributed by atoms with Crippen molar-refractivity contribution in [2.45, 2.75) is 24.1 Å². The lowest BCUT2D eigenvalue weighted by molar-refractivity contribution is 0.481. The second-order valence-electron chi connectivity index (χ2n) is 3.81. The van der Waals surface area contributed by atoms with Crippen molar-refractivity contribution < 1.29 is 8.42 Å². The van der Waals surface area contributed by atoms with Crippen LogP contribution >= 0.6 is 50.5 Å². The molecule has 0 saturated heterocycles. The molecule has 0 saturated carbocycles. The van der Waals surface area contributed by atoms with Gasteiger partial charge in [0, 0.05) is 11.9 Å². The van der Waals surface area contributed by atoms with Crippen LogP contribution in [-0.2, 0) is 10.0 Å². The van der Waals surface area contributed by atoms with Gasteiger partial charge in [0.05, 0.1) is 8.81 Å². The predicted octanol–water partition coefficient (Wildman–Crippen LogP) is 3.71. The molecule has 1 N–H and O–H groups in total. The summed E-state index contributed by atoms with van der Waals surface area (Å²) < 4.78 is 27.4. The molecule has 1 aromatic heterocycles. The number of alkyl halides is 1. The summed E-state index contributed by atoms with van der Waals surface area (Å²) in [7, 11) is -3.55. The molecule has 8 heteroatoms. The van der Waals surface area contributed by atoms with Gasteiger partial charge in [-0.15, -0.1) is 22.9 Å². The Labute approximate surface area is 124 Å². The van der Waals surface area contributed by atoms with Crippen molar-refractivity contribution in [3.63, 3.8) is 0 Å². The van der Waals surface area contributed by atoms with Crippen LogP contribution in [0.1, 0.15) is 13.8 Å². The van der Waals surface area contributed by atoms with E-state index >= 15 is 0 Å². The van der Waals surface area contributed by atoms with E-state index in [1.165, 1.54) is 6.07 Å². The molecule has 17 heavy (non-hydrogen) atoms. The van der Waals surface area contributed by atoms with E-state index in [1.54, 1.807) is 0 Å². The van der Waals surface area contributed by atoms with Gasteiger partial charge in [0.15, 0.2) is 0 Å². The molecule has 0 aliphatic heterocycles. The molecule has 1 atom stereocenters. The predicted molar refractivity (Wildman–Crippen MR) is 76.7 cm³/mol. The Hall–Kier alpha value is 0.670. The highest BCUT2D eigenvalue weighted by atomic mass is 79.9. The van der Waals surface area contributed by atoms with E-state index in [0.717, 1.165) is 11.3 Å². The number of halogens is 3. The van der Waals surface area contributed by atoms with Crippen molar-refractivity contribution in [1.29, 1.82) is 0 Å². The van der Waals surface area contributed by atoms with E-state index < -0.39 is 10.0 Å². The van der Waals surface area contributed by atoms with Crippen molar-refractivity contribution in [3.8, 4) is 0 Å². The zero-order chi connectivity index (χ0) is 13.2. The first-order chi connectivity index (χ1) is 7.77. The van der Waals surface area contributed by atoms with Gasteiger partial charge in [-0.1, -0.05) is 25.4 Å². The maximum atomic E-state index is 12.0. The zero-order valence-corrected chi connectivity index (χ0v) is 13.9. The van der Waals surface area contributed by atoms with Gasteiger partial charge in [-0.2, -0.15) is 0 Å². The Bertz CT molecular complexity index is 468. The van der Waals surface area contributed by atoms with Gasteiger partial charge in [0.25, 0.3) is 0 Å². The monoisotopic (exact) mass is 379 g/mol. The topological polar surface area (TPSA) is 46.2 Å². The lowest BCUT2D eigenvalue weighted by Gasteiger charge is -2.18. The summed E-state index contributed by atoms with van der Waals surface area (Å²) in [6, 6.07) is 1.13. The minimum atomic E-state index is -3.55. The number of thiophene rings is 1. The first kappa shape index (κ1) is 15.7. The molecule has 0 amide bonds. The van der Waals surface area contributed by atoms with Crippen molar-refractivity contribution in [2.75, 3.05) is 5.88 Å². The van der Waals surface area contributed by atoms with Crippen LogP contribution in [0.25, 0.3) is 0 Å². The van der Waals surface area contributed by atoms with E-state index in [4.69, 9.17) is 23.2 Å².